The molecule has 1 fully saturated rings. The largest absolute Gasteiger partial charge is 0.371 e. The normalized spacial score (nSPS) is 17.8. The van der Waals surface area contributed by atoms with E-state index in [1.807, 2.05) is 19.1 Å². The van der Waals surface area contributed by atoms with Crippen LogP contribution in [0.2, 0.25) is 0 Å². The molecule has 28 heavy (non-hydrogen) atoms. The average Bonchev–Trinajstić information content (AvgIpc) is 2.68. The predicted octanol–water partition coefficient (Wildman–Crippen LogP) is 4.63. The number of anilines is 1. The number of benzene rings is 2. The Balaban J connectivity index is 1.67. The number of carbonyl (C=O) groups excluding carboxylic acids is 1. The molecule has 1 amide bonds. The van der Waals surface area contributed by atoms with Gasteiger partial charge in [-0.05, 0) is 56.4 Å². The fourth-order valence-corrected chi connectivity index (χ4v) is 3.71. The number of nitro benzene ring substituents is 1. The molecule has 1 heterocycles. The third-order valence-electron chi connectivity index (χ3n) is 5.43. The summed E-state index contributed by atoms with van der Waals surface area (Å²) in [6.45, 7) is 8.03. The first-order valence-electron chi connectivity index (χ1n) is 9.76. The molecular formula is C22H27N3O3. The summed E-state index contributed by atoms with van der Waals surface area (Å²) in [5.41, 5.74) is 3.01. The highest BCUT2D eigenvalue weighted by molar-refractivity contribution is 5.95. The molecule has 1 N–H and O–H groups in total. The van der Waals surface area contributed by atoms with Gasteiger partial charge < -0.3 is 10.2 Å². The van der Waals surface area contributed by atoms with Crippen LogP contribution in [0.3, 0.4) is 0 Å². The molecule has 1 aliphatic heterocycles. The van der Waals surface area contributed by atoms with E-state index in [4.69, 9.17) is 0 Å². The Morgan fingerprint density at radius 2 is 1.96 bits per heavy atom. The van der Waals surface area contributed by atoms with Crippen molar-refractivity contribution in [2.45, 2.75) is 39.7 Å². The third-order valence-corrected chi connectivity index (χ3v) is 5.43. The Bertz CT molecular complexity index is 864. The van der Waals surface area contributed by atoms with Crippen molar-refractivity contribution in [2.75, 3.05) is 18.0 Å². The minimum atomic E-state index is -0.463. The number of hydrogen-bond acceptors (Lipinski definition) is 4. The summed E-state index contributed by atoms with van der Waals surface area (Å²) in [6.07, 6.45) is 2.51. The number of amides is 1. The van der Waals surface area contributed by atoms with Crippen LogP contribution < -0.4 is 10.2 Å². The molecule has 0 radical (unpaired) electrons. The van der Waals surface area contributed by atoms with Gasteiger partial charge in [-0.25, -0.2) is 0 Å². The van der Waals surface area contributed by atoms with Crippen LogP contribution in [-0.4, -0.2) is 23.9 Å². The van der Waals surface area contributed by atoms with Gasteiger partial charge in [-0.1, -0.05) is 25.1 Å². The van der Waals surface area contributed by atoms with Crippen molar-refractivity contribution in [2.24, 2.45) is 5.92 Å². The molecule has 2 aromatic rings. The van der Waals surface area contributed by atoms with Crippen molar-refractivity contribution in [1.82, 2.24) is 5.32 Å². The maximum Gasteiger partial charge on any atom is 0.273 e. The molecule has 3 rings (SSSR count). The Hall–Kier alpha value is -2.89. The van der Waals surface area contributed by atoms with Gasteiger partial charge in [0.1, 0.15) is 0 Å². The number of rotatable bonds is 5. The number of hydrogen-bond donors (Lipinski definition) is 1. The predicted molar refractivity (Wildman–Crippen MR) is 111 cm³/mol. The van der Waals surface area contributed by atoms with E-state index < -0.39 is 4.92 Å². The van der Waals surface area contributed by atoms with Crippen molar-refractivity contribution in [3.63, 3.8) is 0 Å². The highest BCUT2D eigenvalue weighted by Gasteiger charge is 2.19. The molecule has 0 aromatic heterocycles. The zero-order valence-electron chi connectivity index (χ0n) is 16.6. The minimum Gasteiger partial charge on any atom is -0.371 e. The van der Waals surface area contributed by atoms with Crippen molar-refractivity contribution in [3.05, 3.63) is 69.3 Å². The Kier molecular flexibility index (Phi) is 5.97. The smallest absolute Gasteiger partial charge is 0.273 e. The summed E-state index contributed by atoms with van der Waals surface area (Å²) in [7, 11) is 0. The van der Waals surface area contributed by atoms with E-state index >= 15 is 0 Å². The molecule has 6 nitrogen and oxygen atoms in total. The second-order valence-electron chi connectivity index (χ2n) is 7.74. The van der Waals surface area contributed by atoms with E-state index in [9.17, 15) is 14.9 Å². The van der Waals surface area contributed by atoms with Gasteiger partial charge in [-0.15, -0.1) is 0 Å². The van der Waals surface area contributed by atoms with Crippen LogP contribution in [0.15, 0.2) is 42.5 Å². The zero-order chi connectivity index (χ0) is 20.3. The summed E-state index contributed by atoms with van der Waals surface area (Å²) in [4.78, 5) is 25.6. The summed E-state index contributed by atoms with van der Waals surface area (Å²) in [5, 5.41) is 14.0. The first-order chi connectivity index (χ1) is 13.3. The highest BCUT2D eigenvalue weighted by atomic mass is 16.6. The molecule has 0 bridgehead atoms. The van der Waals surface area contributed by atoms with Crippen LogP contribution in [0.1, 0.15) is 54.2 Å². The van der Waals surface area contributed by atoms with Gasteiger partial charge in [-0.3, -0.25) is 14.9 Å². The molecule has 1 aliphatic rings. The Morgan fingerprint density at radius 1 is 1.25 bits per heavy atom. The lowest BCUT2D eigenvalue weighted by molar-refractivity contribution is -0.385. The van der Waals surface area contributed by atoms with Crippen LogP contribution in [0.25, 0.3) is 0 Å². The molecule has 0 aliphatic carbocycles. The van der Waals surface area contributed by atoms with E-state index in [0.29, 0.717) is 17.0 Å². The molecule has 6 heteroatoms. The summed E-state index contributed by atoms with van der Waals surface area (Å²) in [6, 6.07) is 12.6. The monoisotopic (exact) mass is 381 g/mol. The Morgan fingerprint density at radius 3 is 2.61 bits per heavy atom. The van der Waals surface area contributed by atoms with E-state index in [2.05, 4.69) is 29.3 Å². The van der Waals surface area contributed by atoms with Crippen LogP contribution in [0, 0.1) is 23.0 Å². The number of aryl methyl sites for hydroxylation is 1. The highest BCUT2D eigenvalue weighted by Crippen LogP contribution is 2.25. The molecule has 0 unspecified atom stereocenters. The molecule has 0 saturated carbocycles. The van der Waals surface area contributed by atoms with Gasteiger partial charge in [-0.2, -0.15) is 0 Å². The quantitative estimate of drug-likeness (QED) is 0.605. The molecule has 2 atom stereocenters. The lowest BCUT2D eigenvalue weighted by atomic mass is 9.99. The third kappa shape index (κ3) is 4.50. The zero-order valence-corrected chi connectivity index (χ0v) is 16.6. The van der Waals surface area contributed by atoms with Crippen molar-refractivity contribution >= 4 is 17.3 Å². The number of nitro groups is 1. The summed E-state index contributed by atoms with van der Waals surface area (Å²) in [5.74, 6) is 0.398. The van der Waals surface area contributed by atoms with Gasteiger partial charge in [0.15, 0.2) is 0 Å². The lowest BCUT2D eigenvalue weighted by Crippen LogP contribution is -2.34. The number of piperidine rings is 1. The lowest BCUT2D eigenvalue weighted by Gasteiger charge is -2.33. The fraction of sp³-hybridized carbons (Fsp3) is 0.409. The van der Waals surface area contributed by atoms with Crippen LogP contribution in [0.4, 0.5) is 11.4 Å². The topological polar surface area (TPSA) is 75.5 Å². The molecule has 0 spiro atoms. The molecular weight excluding hydrogens is 354 g/mol. The molecule has 1 saturated heterocycles. The maximum absolute atomic E-state index is 12.5. The average molecular weight is 381 g/mol. The van der Waals surface area contributed by atoms with Crippen LogP contribution in [-0.2, 0) is 0 Å². The first-order valence-corrected chi connectivity index (χ1v) is 9.76. The van der Waals surface area contributed by atoms with Crippen molar-refractivity contribution in [1.29, 1.82) is 0 Å². The second kappa shape index (κ2) is 8.42. The van der Waals surface area contributed by atoms with E-state index in [1.54, 1.807) is 19.1 Å². The second-order valence-corrected chi connectivity index (χ2v) is 7.74. The Labute approximate surface area is 165 Å². The van der Waals surface area contributed by atoms with E-state index in [0.717, 1.165) is 18.7 Å². The van der Waals surface area contributed by atoms with Gasteiger partial charge in [0.2, 0.25) is 0 Å². The number of nitrogens with zero attached hydrogens (tertiary/aromatic N) is 2. The van der Waals surface area contributed by atoms with Gasteiger partial charge in [0.05, 0.1) is 11.0 Å². The maximum atomic E-state index is 12.5. The summed E-state index contributed by atoms with van der Waals surface area (Å²) >= 11 is 0. The van der Waals surface area contributed by atoms with E-state index in [1.165, 1.54) is 24.6 Å². The van der Waals surface area contributed by atoms with Crippen molar-refractivity contribution in [3.8, 4) is 0 Å². The molecule has 148 valence electrons. The van der Waals surface area contributed by atoms with Gasteiger partial charge >= 0.3 is 0 Å². The van der Waals surface area contributed by atoms with Gasteiger partial charge in [0, 0.05) is 36.0 Å². The van der Waals surface area contributed by atoms with Gasteiger partial charge in [0.25, 0.3) is 11.6 Å². The molecule has 2 aromatic carbocycles. The summed E-state index contributed by atoms with van der Waals surface area (Å²) < 4.78 is 0. The number of carbonyl (C=O) groups is 1. The van der Waals surface area contributed by atoms with Crippen molar-refractivity contribution < 1.29 is 9.72 Å². The van der Waals surface area contributed by atoms with E-state index in [-0.39, 0.29) is 17.6 Å². The SMILES string of the molecule is Cc1ccc(C(=O)N[C@H](C)c2ccc(N3CCC[C@H](C)C3)cc2)cc1[N+](=O)[O-]. The first kappa shape index (κ1) is 19.9. The minimum absolute atomic E-state index is 0.0413. The fourth-order valence-electron chi connectivity index (χ4n) is 3.71. The van der Waals surface area contributed by atoms with Crippen LogP contribution >= 0.6 is 0 Å². The standard InChI is InChI=1S/C22H27N3O3/c1-15-5-4-12-24(14-15)20-10-8-18(9-11-20)17(3)23-22(26)19-7-6-16(2)21(13-19)25(27)28/h6-11,13,15,17H,4-5,12,14H2,1-3H3,(H,23,26)/t15-,17+/m0/s1. The van der Waals surface area contributed by atoms with Crippen LogP contribution in [0.5, 0.6) is 0 Å². The number of nitrogens with one attached hydrogen (secondary N) is 1.